The molecule has 0 aromatic rings. The molecular weight excluding hydrogens is 216 g/mol. The Labute approximate surface area is 107 Å². The highest BCUT2D eigenvalue weighted by Crippen LogP contribution is 2.01. The van der Waals surface area contributed by atoms with Gasteiger partial charge >= 0.3 is 0 Å². The predicted molar refractivity (Wildman–Crippen MR) is 72.5 cm³/mol. The maximum atomic E-state index is 5.27. The first kappa shape index (κ1) is 16.8. The minimum atomic E-state index is 0.402. The van der Waals surface area contributed by atoms with Crippen molar-refractivity contribution in [2.45, 2.75) is 39.3 Å². The van der Waals surface area contributed by atoms with Crippen LogP contribution in [0.25, 0.3) is 0 Å². The Morgan fingerprint density at radius 2 is 1.88 bits per heavy atom. The second kappa shape index (κ2) is 11.0. The van der Waals surface area contributed by atoms with E-state index in [1.807, 2.05) is 0 Å². The average Bonchev–Trinajstić information content (AvgIpc) is 2.30. The van der Waals surface area contributed by atoms with E-state index >= 15 is 0 Å². The van der Waals surface area contributed by atoms with Crippen molar-refractivity contribution in [3.05, 3.63) is 0 Å². The molecule has 0 radical (unpaired) electrons. The number of nitrogens with zero attached hydrogens (tertiary/aromatic N) is 1. The van der Waals surface area contributed by atoms with Crippen molar-refractivity contribution in [1.82, 2.24) is 10.2 Å². The van der Waals surface area contributed by atoms with Gasteiger partial charge in [0.2, 0.25) is 0 Å². The maximum Gasteiger partial charge on any atom is 0.0628 e. The maximum absolute atomic E-state index is 5.27. The molecule has 0 saturated carbocycles. The minimum absolute atomic E-state index is 0.402. The van der Waals surface area contributed by atoms with Gasteiger partial charge in [0.1, 0.15) is 0 Å². The van der Waals surface area contributed by atoms with E-state index in [-0.39, 0.29) is 0 Å². The molecule has 0 heterocycles. The van der Waals surface area contributed by atoms with E-state index in [1.54, 1.807) is 14.2 Å². The van der Waals surface area contributed by atoms with Gasteiger partial charge < -0.3 is 14.8 Å². The Kier molecular flexibility index (Phi) is 10.9. The molecule has 17 heavy (non-hydrogen) atoms. The third-order valence-corrected chi connectivity index (χ3v) is 2.82. The van der Waals surface area contributed by atoms with E-state index < -0.39 is 0 Å². The first-order valence-corrected chi connectivity index (χ1v) is 6.61. The van der Waals surface area contributed by atoms with Gasteiger partial charge in [-0.1, -0.05) is 6.92 Å². The van der Waals surface area contributed by atoms with E-state index in [0.717, 1.165) is 39.3 Å². The Balaban J connectivity index is 4.13. The molecule has 0 aromatic carbocycles. The fourth-order valence-electron chi connectivity index (χ4n) is 1.78. The summed E-state index contributed by atoms with van der Waals surface area (Å²) >= 11 is 0. The highest BCUT2D eigenvalue weighted by Gasteiger charge is 2.15. The lowest BCUT2D eigenvalue weighted by molar-refractivity contribution is 0.0976. The molecule has 4 heteroatoms. The van der Waals surface area contributed by atoms with Gasteiger partial charge in [0.25, 0.3) is 0 Å². The van der Waals surface area contributed by atoms with Crippen LogP contribution in [0.2, 0.25) is 0 Å². The standard InChI is InChI=1S/C13H30N2O2/c1-6-7-14-13(11-17-5)10-15(12(2)3)8-9-16-4/h12-14H,6-11H2,1-5H3. The van der Waals surface area contributed by atoms with Crippen LogP contribution in [0, 0.1) is 0 Å². The third kappa shape index (κ3) is 8.55. The Bertz CT molecular complexity index is 165. The topological polar surface area (TPSA) is 33.7 Å². The van der Waals surface area contributed by atoms with E-state index in [1.165, 1.54) is 0 Å². The molecule has 0 bridgehead atoms. The quantitative estimate of drug-likeness (QED) is 0.597. The van der Waals surface area contributed by atoms with Crippen LogP contribution in [0.5, 0.6) is 0 Å². The molecular formula is C13H30N2O2. The molecule has 0 aliphatic rings. The molecule has 0 saturated heterocycles. The number of hydrogen-bond acceptors (Lipinski definition) is 4. The van der Waals surface area contributed by atoms with Crippen molar-refractivity contribution < 1.29 is 9.47 Å². The summed E-state index contributed by atoms with van der Waals surface area (Å²) < 4.78 is 10.4. The third-order valence-electron chi connectivity index (χ3n) is 2.82. The highest BCUT2D eigenvalue weighted by molar-refractivity contribution is 4.74. The zero-order valence-corrected chi connectivity index (χ0v) is 12.2. The predicted octanol–water partition coefficient (Wildman–Crippen LogP) is 1.36. The molecule has 0 rings (SSSR count). The van der Waals surface area contributed by atoms with E-state index in [9.17, 15) is 0 Å². The largest absolute Gasteiger partial charge is 0.383 e. The fraction of sp³-hybridized carbons (Fsp3) is 1.00. The fourth-order valence-corrected chi connectivity index (χ4v) is 1.78. The van der Waals surface area contributed by atoms with E-state index in [2.05, 4.69) is 31.0 Å². The zero-order chi connectivity index (χ0) is 13.1. The molecule has 1 atom stereocenters. The zero-order valence-electron chi connectivity index (χ0n) is 12.2. The molecule has 1 unspecified atom stereocenters. The van der Waals surface area contributed by atoms with Gasteiger partial charge in [-0.15, -0.1) is 0 Å². The van der Waals surface area contributed by atoms with Crippen molar-refractivity contribution in [3.8, 4) is 0 Å². The van der Waals surface area contributed by atoms with Gasteiger partial charge in [-0.05, 0) is 26.8 Å². The van der Waals surface area contributed by atoms with E-state index in [0.29, 0.717) is 12.1 Å². The molecule has 0 aliphatic carbocycles. The van der Waals surface area contributed by atoms with Crippen LogP contribution in [0.3, 0.4) is 0 Å². The summed E-state index contributed by atoms with van der Waals surface area (Å²) in [6.07, 6.45) is 1.15. The van der Waals surface area contributed by atoms with Crippen LogP contribution in [-0.2, 0) is 9.47 Å². The SMILES string of the molecule is CCCNC(COC)CN(CCOC)C(C)C. The van der Waals surface area contributed by atoms with Gasteiger partial charge in [-0.25, -0.2) is 0 Å². The Hall–Kier alpha value is -0.160. The minimum Gasteiger partial charge on any atom is -0.383 e. The molecule has 104 valence electrons. The normalized spacial score (nSPS) is 13.6. The van der Waals surface area contributed by atoms with Crippen molar-refractivity contribution in [2.75, 3.05) is 47.1 Å². The van der Waals surface area contributed by atoms with Crippen LogP contribution in [0.4, 0.5) is 0 Å². The lowest BCUT2D eigenvalue weighted by Gasteiger charge is -2.30. The highest BCUT2D eigenvalue weighted by atomic mass is 16.5. The molecule has 0 aliphatic heterocycles. The van der Waals surface area contributed by atoms with E-state index in [4.69, 9.17) is 9.47 Å². The molecule has 0 fully saturated rings. The Morgan fingerprint density at radius 3 is 2.35 bits per heavy atom. The lowest BCUT2D eigenvalue weighted by atomic mass is 10.2. The second-order valence-corrected chi connectivity index (χ2v) is 4.69. The first-order chi connectivity index (χ1) is 8.15. The summed E-state index contributed by atoms with van der Waals surface area (Å²) in [4.78, 5) is 2.43. The van der Waals surface area contributed by atoms with Gasteiger partial charge in [0.05, 0.1) is 13.2 Å². The van der Waals surface area contributed by atoms with Crippen molar-refractivity contribution in [3.63, 3.8) is 0 Å². The van der Waals surface area contributed by atoms with Crippen LogP contribution in [-0.4, -0.2) is 64.1 Å². The summed E-state index contributed by atoms with van der Waals surface area (Å²) in [7, 11) is 3.51. The summed E-state index contributed by atoms with van der Waals surface area (Å²) in [5.74, 6) is 0. The first-order valence-electron chi connectivity index (χ1n) is 6.61. The number of hydrogen-bond donors (Lipinski definition) is 1. The second-order valence-electron chi connectivity index (χ2n) is 4.69. The van der Waals surface area contributed by atoms with Crippen LogP contribution < -0.4 is 5.32 Å². The molecule has 0 amide bonds. The summed E-state index contributed by atoms with van der Waals surface area (Å²) in [5.41, 5.74) is 0. The van der Waals surface area contributed by atoms with Crippen molar-refractivity contribution >= 4 is 0 Å². The van der Waals surface area contributed by atoms with Crippen molar-refractivity contribution in [2.24, 2.45) is 0 Å². The number of ether oxygens (including phenoxy) is 2. The van der Waals surface area contributed by atoms with Crippen molar-refractivity contribution in [1.29, 1.82) is 0 Å². The summed E-state index contributed by atoms with van der Waals surface area (Å²) in [6, 6.07) is 0.937. The number of nitrogens with one attached hydrogen (secondary N) is 1. The summed E-state index contributed by atoms with van der Waals surface area (Å²) in [5, 5.41) is 3.52. The van der Waals surface area contributed by atoms with Crippen LogP contribution in [0.15, 0.2) is 0 Å². The monoisotopic (exact) mass is 246 g/mol. The number of methoxy groups -OCH3 is 2. The Morgan fingerprint density at radius 1 is 1.18 bits per heavy atom. The van der Waals surface area contributed by atoms with Crippen LogP contribution >= 0.6 is 0 Å². The lowest BCUT2D eigenvalue weighted by Crippen LogP contribution is -2.47. The molecule has 0 spiro atoms. The smallest absolute Gasteiger partial charge is 0.0628 e. The van der Waals surface area contributed by atoms with Gasteiger partial charge in [-0.3, -0.25) is 4.90 Å². The molecule has 4 nitrogen and oxygen atoms in total. The average molecular weight is 246 g/mol. The number of rotatable bonds is 11. The van der Waals surface area contributed by atoms with Gasteiger partial charge in [-0.2, -0.15) is 0 Å². The van der Waals surface area contributed by atoms with Gasteiger partial charge in [0, 0.05) is 39.4 Å². The summed E-state index contributed by atoms with van der Waals surface area (Å²) in [6.45, 7) is 11.2. The molecule has 1 N–H and O–H groups in total. The molecule has 0 aromatic heterocycles. The van der Waals surface area contributed by atoms with Gasteiger partial charge in [0.15, 0.2) is 0 Å². The van der Waals surface area contributed by atoms with Crippen LogP contribution in [0.1, 0.15) is 27.2 Å².